The molecule has 4 nitrogen and oxygen atoms in total. The zero-order valence-corrected chi connectivity index (χ0v) is 10.4. The van der Waals surface area contributed by atoms with Crippen LogP contribution in [0.25, 0.3) is 16.9 Å². The van der Waals surface area contributed by atoms with E-state index in [-0.39, 0.29) is 0 Å². The molecule has 0 saturated heterocycles. The molecule has 2 heterocycles. The lowest BCUT2D eigenvalue weighted by molar-refractivity contribution is 0.412. The topological polar surface area (TPSA) is 50.3 Å². The van der Waals surface area contributed by atoms with Crippen LogP contribution in [0.15, 0.2) is 48.8 Å². The summed E-state index contributed by atoms with van der Waals surface area (Å²) in [5.74, 6) is 0.788. The number of imidazole rings is 1. The third kappa shape index (κ3) is 2.02. The Kier molecular flexibility index (Phi) is 2.66. The van der Waals surface area contributed by atoms with Crippen molar-refractivity contribution in [2.75, 3.05) is 7.11 Å². The zero-order valence-electron chi connectivity index (χ0n) is 10.4. The van der Waals surface area contributed by atoms with Gasteiger partial charge >= 0.3 is 0 Å². The fraction of sp³-hybridized carbons (Fsp3) is 0.0667. The second-order valence-electron chi connectivity index (χ2n) is 4.15. The minimum absolute atomic E-state index is 0.647. The van der Waals surface area contributed by atoms with Crippen molar-refractivity contribution in [3.05, 3.63) is 54.4 Å². The molecule has 0 amide bonds. The molecule has 1 aromatic carbocycles. The van der Waals surface area contributed by atoms with Gasteiger partial charge in [-0.1, -0.05) is 12.1 Å². The molecule has 0 aliphatic heterocycles. The number of rotatable bonds is 2. The average molecular weight is 249 g/mol. The van der Waals surface area contributed by atoms with E-state index < -0.39 is 0 Å². The Bertz CT molecular complexity index is 766. The van der Waals surface area contributed by atoms with Crippen molar-refractivity contribution in [1.29, 1.82) is 5.26 Å². The van der Waals surface area contributed by atoms with Gasteiger partial charge in [-0.3, -0.25) is 0 Å². The molecule has 0 spiro atoms. The SMILES string of the molecule is COc1ccc2nc(-c3ccc(C#N)cc3)cn2c1. The first-order valence-corrected chi connectivity index (χ1v) is 5.83. The first-order chi connectivity index (χ1) is 9.30. The number of ether oxygens (including phenoxy) is 1. The van der Waals surface area contributed by atoms with E-state index >= 15 is 0 Å². The number of hydrogen-bond donors (Lipinski definition) is 0. The van der Waals surface area contributed by atoms with Crippen LogP contribution < -0.4 is 4.74 Å². The lowest BCUT2D eigenvalue weighted by Gasteiger charge is -1.98. The molecule has 3 rings (SSSR count). The minimum atomic E-state index is 0.647. The van der Waals surface area contributed by atoms with Gasteiger partial charge in [0.2, 0.25) is 0 Å². The fourth-order valence-corrected chi connectivity index (χ4v) is 1.95. The Hall–Kier alpha value is -2.80. The number of methoxy groups -OCH3 is 1. The number of pyridine rings is 1. The van der Waals surface area contributed by atoms with E-state index in [0.717, 1.165) is 22.7 Å². The molecule has 4 heteroatoms. The summed E-state index contributed by atoms with van der Waals surface area (Å²) in [6.45, 7) is 0. The van der Waals surface area contributed by atoms with Crippen molar-refractivity contribution >= 4 is 5.65 Å². The molecule has 0 unspecified atom stereocenters. The lowest BCUT2D eigenvalue weighted by Crippen LogP contribution is -1.86. The van der Waals surface area contributed by atoms with Crippen molar-refractivity contribution in [2.24, 2.45) is 0 Å². The first-order valence-electron chi connectivity index (χ1n) is 5.83. The van der Waals surface area contributed by atoms with E-state index in [9.17, 15) is 0 Å². The maximum Gasteiger partial charge on any atom is 0.137 e. The Labute approximate surface area is 110 Å². The monoisotopic (exact) mass is 249 g/mol. The largest absolute Gasteiger partial charge is 0.495 e. The summed E-state index contributed by atoms with van der Waals surface area (Å²) in [4.78, 5) is 4.54. The highest BCUT2D eigenvalue weighted by atomic mass is 16.5. The van der Waals surface area contributed by atoms with Crippen molar-refractivity contribution in [3.8, 4) is 23.1 Å². The third-order valence-electron chi connectivity index (χ3n) is 2.97. The van der Waals surface area contributed by atoms with Crippen LogP contribution in [0.2, 0.25) is 0 Å². The molecular weight excluding hydrogens is 238 g/mol. The molecule has 2 aromatic heterocycles. The summed E-state index contributed by atoms with van der Waals surface area (Å²) in [7, 11) is 1.64. The summed E-state index contributed by atoms with van der Waals surface area (Å²) in [6.07, 6.45) is 3.83. The van der Waals surface area contributed by atoms with E-state index in [1.807, 2.05) is 41.1 Å². The molecular formula is C15H11N3O. The van der Waals surface area contributed by atoms with E-state index in [4.69, 9.17) is 10.00 Å². The number of nitrogens with zero attached hydrogens (tertiary/aromatic N) is 3. The molecule has 0 radical (unpaired) electrons. The molecule has 92 valence electrons. The smallest absolute Gasteiger partial charge is 0.137 e. The molecule has 3 aromatic rings. The van der Waals surface area contributed by atoms with Crippen molar-refractivity contribution in [3.63, 3.8) is 0 Å². The summed E-state index contributed by atoms with van der Waals surface area (Å²) in [5.41, 5.74) is 3.37. The van der Waals surface area contributed by atoms with Gasteiger partial charge in [-0.15, -0.1) is 0 Å². The molecule has 0 N–H and O–H groups in total. The second kappa shape index (κ2) is 4.46. The van der Waals surface area contributed by atoms with E-state index in [0.29, 0.717) is 5.56 Å². The average Bonchev–Trinajstić information content (AvgIpc) is 2.90. The molecule has 0 aliphatic carbocycles. The predicted molar refractivity (Wildman–Crippen MR) is 71.9 cm³/mol. The van der Waals surface area contributed by atoms with Crippen molar-refractivity contribution < 1.29 is 4.74 Å². The number of nitriles is 1. The third-order valence-corrected chi connectivity index (χ3v) is 2.97. The van der Waals surface area contributed by atoms with Gasteiger partial charge in [0.05, 0.1) is 30.6 Å². The number of aromatic nitrogens is 2. The molecule has 0 fully saturated rings. The van der Waals surface area contributed by atoms with Gasteiger partial charge in [-0.25, -0.2) is 4.98 Å². The second-order valence-corrected chi connectivity index (χ2v) is 4.15. The summed E-state index contributed by atoms with van der Waals surface area (Å²) >= 11 is 0. The van der Waals surface area contributed by atoms with Gasteiger partial charge in [-0.05, 0) is 24.3 Å². The lowest BCUT2D eigenvalue weighted by atomic mass is 10.1. The van der Waals surface area contributed by atoms with Crippen LogP contribution in [0.1, 0.15) is 5.56 Å². The Morgan fingerprint density at radius 2 is 1.89 bits per heavy atom. The molecule has 0 bridgehead atoms. The van der Waals surface area contributed by atoms with Crippen LogP contribution in [0.5, 0.6) is 5.75 Å². The maximum absolute atomic E-state index is 8.79. The summed E-state index contributed by atoms with van der Waals surface area (Å²) < 4.78 is 7.11. The standard InChI is InChI=1S/C15H11N3O/c1-19-13-6-7-15-17-14(10-18(15)9-13)12-4-2-11(8-16)3-5-12/h2-7,9-10H,1H3. The van der Waals surface area contributed by atoms with Gasteiger partial charge in [0, 0.05) is 11.8 Å². The Morgan fingerprint density at radius 1 is 1.11 bits per heavy atom. The van der Waals surface area contributed by atoms with Crippen molar-refractivity contribution in [2.45, 2.75) is 0 Å². The Balaban J connectivity index is 2.07. The highest BCUT2D eigenvalue weighted by Gasteiger charge is 2.05. The highest BCUT2D eigenvalue weighted by Crippen LogP contribution is 2.21. The normalized spacial score (nSPS) is 10.3. The van der Waals surface area contributed by atoms with Crippen LogP contribution in [0, 0.1) is 11.3 Å². The predicted octanol–water partition coefficient (Wildman–Crippen LogP) is 2.88. The van der Waals surface area contributed by atoms with Gasteiger partial charge in [0.25, 0.3) is 0 Å². The number of fused-ring (bicyclic) bond motifs is 1. The van der Waals surface area contributed by atoms with Crippen LogP contribution in [0.4, 0.5) is 0 Å². The molecule has 0 saturated carbocycles. The Morgan fingerprint density at radius 3 is 2.58 bits per heavy atom. The van der Waals surface area contributed by atoms with Crippen molar-refractivity contribution in [1.82, 2.24) is 9.38 Å². The fourth-order valence-electron chi connectivity index (χ4n) is 1.95. The molecule has 0 aliphatic rings. The molecule has 0 atom stereocenters. The number of hydrogen-bond acceptors (Lipinski definition) is 3. The van der Waals surface area contributed by atoms with Gasteiger partial charge in [0.1, 0.15) is 11.4 Å². The van der Waals surface area contributed by atoms with E-state index in [1.54, 1.807) is 19.2 Å². The maximum atomic E-state index is 8.79. The zero-order chi connectivity index (χ0) is 13.2. The first kappa shape index (κ1) is 11.3. The van der Waals surface area contributed by atoms with Crippen LogP contribution in [0.3, 0.4) is 0 Å². The highest BCUT2D eigenvalue weighted by molar-refractivity contribution is 5.63. The van der Waals surface area contributed by atoms with Crippen LogP contribution in [-0.2, 0) is 0 Å². The number of benzene rings is 1. The summed E-state index contributed by atoms with van der Waals surface area (Å²) in [6, 6.07) is 13.3. The van der Waals surface area contributed by atoms with Gasteiger partial charge < -0.3 is 9.14 Å². The van der Waals surface area contributed by atoms with E-state index in [2.05, 4.69) is 11.1 Å². The van der Waals surface area contributed by atoms with E-state index in [1.165, 1.54) is 0 Å². The van der Waals surface area contributed by atoms with Gasteiger partial charge in [-0.2, -0.15) is 5.26 Å². The van der Waals surface area contributed by atoms with Crippen LogP contribution in [-0.4, -0.2) is 16.5 Å². The van der Waals surface area contributed by atoms with Crippen LogP contribution >= 0.6 is 0 Å². The van der Waals surface area contributed by atoms with Gasteiger partial charge in [0.15, 0.2) is 0 Å². The quantitative estimate of drug-likeness (QED) is 0.701. The minimum Gasteiger partial charge on any atom is -0.495 e. The summed E-state index contributed by atoms with van der Waals surface area (Å²) in [5, 5.41) is 8.79. The molecule has 19 heavy (non-hydrogen) atoms.